The fourth-order valence-corrected chi connectivity index (χ4v) is 3.31. The van der Waals surface area contributed by atoms with Crippen LogP contribution >= 0.6 is 27.3 Å². The summed E-state index contributed by atoms with van der Waals surface area (Å²) >= 11 is 5.05. The molecular weight excluding hydrogens is 400 g/mol. The molecule has 2 aromatic carbocycles. The topological polar surface area (TPSA) is 42.4 Å². The Labute approximate surface area is 159 Å². The van der Waals surface area contributed by atoms with E-state index in [0.29, 0.717) is 24.5 Å². The van der Waals surface area contributed by atoms with Crippen molar-refractivity contribution in [1.82, 2.24) is 9.88 Å². The van der Waals surface area contributed by atoms with Crippen molar-refractivity contribution >= 4 is 33.2 Å². The van der Waals surface area contributed by atoms with Crippen LogP contribution in [0.2, 0.25) is 0 Å². The number of amides is 1. The molecule has 0 aliphatic rings. The molecule has 4 nitrogen and oxygen atoms in total. The fraction of sp³-hybridized carbons (Fsp3) is 0.158. The van der Waals surface area contributed by atoms with Gasteiger partial charge in [0.1, 0.15) is 12.4 Å². The van der Waals surface area contributed by atoms with Gasteiger partial charge in [-0.3, -0.25) is 4.79 Å². The highest BCUT2D eigenvalue weighted by Gasteiger charge is 2.14. The Morgan fingerprint density at radius 3 is 2.84 bits per heavy atom. The van der Waals surface area contributed by atoms with Crippen molar-refractivity contribution in [2.75, 3.05) is 7.05 Å². The van der Waals surface area contributed by atoms with E-state index in [1.54, 1.807) is 29.6 Å². The molecule has 0 aliphatic carbocycles. The zero-order valence-electron chi connectivity index (χ0n) is 13.7. The van der Waals surface area contributed by atoms with Crippen LogP contribution in [0.25, 0.3) is 0 Å². The van der Waals surface area contributed by atoms with E-state index in [-0.39, 0.29) is 5.91 Å². The molecule has 0 fully saturated rings. The number of aromatic nitrogens is 1. The number of hydrogen-bond donors (Lipinski definition) is 0. The van der Waals surface area contributed by atoms with Gasteiger partial charge >= 0.3 is 0 Å². The average Bonchev–Trinajstić information content (AvgIpc) is 3.15. The third-order valence-electron chi connectivity index (χ3n) is 3.66. The molecule has 0 saturated heterocycles. The summed E-state index contributed by atoms with van der Waals surface area (Å²) in [7, 11) is 1.80. The van der Waals surface area contributed by atoms with Gasteiger partial charge in [0.2, 0.25) is 0 Å². The first-order valence-electron chi connectivity index (χ1n) is 7.72. The Hall–Kier alpha value is -2.18. The van der Waals surface area contributed by atoms with Gasteiger partial charge in [0.25, 0.3) is 5.91 Å². The predicted molar refractivity (Wildman–Crippen MR) is 103 cm³/mol. The number of nitrogens with zero attached hydrogens (tertiary/aromatic N) is 2. The molecule has 0 bridgehead atoms. The van der Waals surface area contributed by atoms with Crippen LogP contribution in [0, 0.1) is 0 Å². The lowest BCUT2D eigenvalue weighted by atomic mass is 10.1. The Morgan fingerprint density at radius 1 is 1.24 bits per heavy atom. The van der Waals surface area contributed by atoms with Crippen molar-refractivity contribution in [2.24, 2.45) is 0 Å². The number of halogens is 1. The molecule has 1 amide bonds. The highest BCUT2D eigenvalue weighted by atomic mass is 79.9. The van der Waals surface area contributed by atoms with Crippen molar-refractivity contribution in [3.8, 4) is 5.75 Å². The van der Waals surface area contributed by atoms with Crippen molar-refractivity contribution in [2.45, 2.75) is 13.2 Å². The minimum absolute atomic E-state index is 0.0464. The second-order valence-corrected chi connectivity index (χ2v) is 7.12. The number of rotatable bonds is 6. The van der Waals surface area contributed by atoms with Gasteiger partial charge in [0, 0.05) is 29.0 Å². The molecule has 1 aromatic heterocycles. The third-order valence-corrected chi connectivity index (χ3v) is 5.07. The summed E-state index contributed by atoms with van der Waals surface area (Å²) in [4.78, 5) is 18.6. The smallest absolute Gasteiger partial charge is 0.254 e. The van der Waals surface area contributed by atoms with E-state index in [2.05, 4.69) is 20.9 Å². The van der Waals surface area contributed by atoms with Gasteiger partial charge in [-0.2, -0.15) is 0 Å². The summed E-state index contributed by atoms with van der Waals surface area (Å²) in [6.45, 7) is 0.929. The molecule has 0 atom stereocenters. The number of hydrogen-bond acceptors (Lipinski definition) is 4. The lowest BCUT2D eigenvalue weighted by molar-refractivity contribution is 0.0784. The lowest BCUT2D eigenvalue weighted by Crippen LogP contribution is -2.26. The molecule has 3 aromatic rings. The van der Waals surface area contributed by atoms with E-state index in [1.165, 1.54) is 11.3 Å². The maximum Gasteiger partial charge on any atom is 0.254 e. The zero-order valence-corrected chi connectivity index (χ0v) is 16.1. The summed E-state index contributed by atoms with van der Waals surface area (Å²) in [6.07, 6.45) is 0. The highest BCUT2D eigenvalue weighted by molar-refractivity contribution is 9.10. The van der Waals surface area contributed by atoms with Gasteiger partial charge in [0.15, 0.2) is 0 Å². The maximum absolute atomic E-state index is 12.7. The summed E-state index contributed by atoms with van der Waals surface area (Å²) in [5, 5.41) is 1.94. The van der Waals surface area contributed by atoms with Crippen LogP contribution in [0.5, 0.6) is 5.75 Å². The van der Waals surface area contributed by atoms with Crippen LogP contribution in [0.15, 0.2) is 63.9 Å². The second kappa shape index (κ2) is 8.27. The molecule has 128 valence electrons. The quantitative estimate of drug-likeness (QED) is 0.581. The van der Waals surface area contributed by atoms with Crippen LogP contribution in [-0.2, 0) is 13.2 Å². The van der Waals surface area contributed by atoms with Gasteiger partial charge in [-0.1, -0.05) is 40.2 Å². The second-order valence-electron chi connectivity index (χ2n) is 5.55. The molecule has 25 heavy (non-hydrogen) atoms. The van der Waals surface area contributed by atoms with Gasteiger partial charge < -0.3 is 9.64 Å². The molecule has 0 radical (unpaired) electrons. The minimum Gasteiger partial charge on any atom is -0.487 e. The molecule has 0 aliphatic heterocycles. The predicted octanol–water partition coefficient (Wildman–Crippen LogP) is 4.76. The van der Waals surface area contributed by atoms with Crippen molar-refractivity contribution in [1.29, 1.82) is 0 Å². The van der Waals surface area contributed by atoms with Gasteiger partial charge in [-0.15, -0.1) is 11.3 Å². The van der Waals surface area contributed by atoms with E-state index >= 15 is 0 Å². The molecule has 6 heteroatoms. The third kappa shape index (κ3) is 4.67. The van der Waals surface area contributed by atoms with E-state index < -0.39 is 0 Å². The lowest BCUT2D eigenvalue weighted by Gasteiger charge is -2.18. The first kappa shape index (κ1) is 17.6. The van der Waals surface area contributed by atoms with E-state index in [4.69, 9.17) is 4.74 Å². The van der Waals surface area contributed by atoms with E-state index in [1.807, 2.05) is 41.8 Å². The first-order chi connectivity index (χ1) is 12.1. The minimum atomic E-state index is -0.0464. The number of ether oxygens (including phenoxy) is 1. The van der Waals surface area contributed by atoms with E-state index in [9.17, 15) is 4.79 Å². The number of carbonyl (C=O) groups is 1. The van der Waals surface area contributed by atoms with Gasteiger partial charge in [0.05, 0.1) is 11.2 Å². The summed E-state index contributed by atoms with van der Waals surface area (Å²) in [5.41, 5.74) is 4.32. The van der Waals surface area contributed by atoms with Gasteiger partial charge in [-0.05, 0) is 29.8 Å². The van der Waals surface area contributed by atoms with Crippen molar-refractivity contribution in [3.05, 3.63) is 80.7 Å². The van der Waals surface area contributed by atoms with Crippen LogP contribution < -0.4 is 4.74 Å². The van der Waals surface area contributed by atoms with Crippen LogP contribution in [-0.4, -0.2) is 22.8 Å². The molecule has 0 saturated carbocycles. The largest absolute Gasteiger partial charge is 0.487 e. The molecule has 0 N–H and O–H groups in total. The molecule has 1 heterocycles. The van der Waals surface area contributed by atoms with Crippen LogP contribution in [0.3, 0.4) is 0 Å². The first-order valence-corrected chi connectivity index (χ1v) is 9.46. The summed E-state index contributed by atoms with van der Waals surface area (Å²) in [5.74, 6) is 0.614. The van der Waals surface area contributed by atoms with Crippen molar-refractivity contribution in [3.63, 3.8) is 0 Å². The number of carbonyl (C=O) groups excluding carboxylic acids is 1. The van der Waals surface area contributed by atoms with Crippen LogP contribution in [0.4, 0.5) is 0 Å². The molecular formula is C19H17BrN2O2S. The SMILES string of the molecule is CN(Cc1ccccc1Br)C(=O)c1cccc(OCc2cscn2)c1. The Bertz CT molecular complexity index is 852. The number of thiazole rings is 1. The van der Waals surface area contributed by atoms with Crippen molar-refractivity contribution < 1.29 is 9.53 Å². The standard InChI is InChI=1S/C19H17BrN2O2S/c1-22(10-15-5-2-3-8-18(15)20)19(23)14-6-4-7-17(9-14)24-11-16-12-25-13-21-16/h2-9,12-13H,10-11H2,1H3. The highest BCUT2D eigenvalue weighted by Crippen LogP contribution is 2.20. The summed E-state index contributed by atoms with van der Waals surface area (Å²) in [6, 6.07) is 15.1. The molecule has 0 spiro atoms. The maximum atomic E-state index is 12.7. The molecule has 0 unspecified atom stereocenters. The fourth-order valence-electron chi connectivity index (χ4n) is 2.36. The monoisotopic (exact) mass is 416 g/mol. The van der Waals surface area contributed by atoms with E-state index in [0.717, 1.165) is 15.7 Å². The van der Waals surface area contributed by atoms with Gasteiger partial charge in [-0.25, -0.2) is 4.98 Å². The zero-order chi connectivity index (χ0) is 17.6. The normalized spacial score (nSPS) is 10.5. The Balaban J connectivity index is 1.67. The Morgan fingerprint density at radius 2 is 2.08 bits per heavy atom. The Kier molecular flexibility index (Phi) is 5.83. The summed E-state index contributed by atoms with van der Waals surface area (Å²) < 4.78 is 6.72. The number of benzene rings is 2. The van der Waals surface area contributed by atoms with Crippen LogP contribution in [0.1, 0.15) is 21.6 Å². The average molecular weight is 417 g/mol. The molecule has 3 rings (SSSR count).